The second-order valence-corrected chi connectivity index (χ2v) is 4.32. The fraction of sp³-hybridized carbons (Fsp3) is 0.0588. The predicted octanol–water partition coefficient (Wildman–Crippen LogP) is 4.33. The summed E-state index contributed by atoms with van der Waals surface area (Å²) in [6, 6.07) is 18.2. The molecule has 0 aliphatic heterocycles. The Labute approximate surface area is 112 Å². The van der Waals surface area contributed by atoms with E-state index < -0.39 is 0 Å². The molecule has 3 rings (SSSR count). The minimum absolute atomic E-state index is 0.771. The first-order chi connectivity index (χ1) is 9.38. The molecule has 0 saturated carbocycles. The molecule has 3 aromatic rings. The van der Waals surface area contributed by atoms with Gasteiger partial charge in [0, 0.05) is 10.9 Å². The summed E-state index contributed by atoms with van der Waals surface area (Å²) in [6.45, 7) is 2.00. The number of hydrogen-bond donors (Lipinski definition) is 0. The van der Waals surface area contributed by atoms with Crippen molar-refractivity contribution in [2.24, 2.45) is 0 Å². The van der Waals surface area contributed by atoms with Crippen molar-refractivity contribution in [3.05, 3.63) is 66.4 Å². The highest BCUT2D eigenvalue weighted by molar-refractivity contribution is 5.87. The summed E-state index contributed by atoms with van der Waals surface area (Å²) in [7, 11) is 0. The molecule has 0 aliphatic carbocycles. The van der Waals surface area contributed by atoms with Crippen molar-refractivity contribution in [2.75, 3.05) is 0 Å². The van der Waals surface area contributed by atoms with Crippen LogP contribution in [-0.2, 0) is 0 Å². The van der Waals surface area contributed by atoms with E-state index in [4.69, 9.17) is 0 Å². The standard InChI is InChI=1S/C17H14N2/c1-2-8-15-14-11-6-7-12-16(14)19-17(18-15)13-9-4-3-5-10-13/h2-12H,1H3. The van der Waals surface area contributed by atoms with E-state index in [1.54, 1.807) is 0 Å². The van der Waals surface area contributed by atoms with Gasteiger partial charge < -0.3 is 0 Å². The first-order valence-corrected chi connectivity index (χ1v) is 6.33. The quantitative estimate of drug-likeness (QED) is 0.672. The van der Waals surface area contributed by atoms with E-state index >= 15 is 0 Å². The van der Waals surface area contributed by atoms with E-state index in [0.717, 1.165) is 28.0 Å². The number of benzene rings is 2. The lowest BCUT2D eigenvalue weighted by atomic mass is 10.1. The molecule has 0 unspecified atom stereocenters. The Morgan fingerprint density at radius 1 is 0.842 bits per heavy atom. The molecule has 0 saturated heterocycles. The van der Waals surface area contributed by atoms with Crippen molar-refractivity contribution in [3.8, 4) is 11.4 Å². The van der Waals surface area contributed by atoms with Crippen molar-refractivity contribution >= 4 is 17.0 Å². The normalized spacial score (nSPS) is 11.2. The minimum Gasteiger partial charge on any atom is -0.228 e. The number of aromatic nitrogens is 2. The van der Waals surface area contributed by atoms with Gasteiger partial charge in [0.25, 0.3) is 0 Å². The average Bonchev–Trinajstić information content (AvgIpc) is 2.48. The summed E-state index contributed by atoms with van der Waals surface area (Å²) in [5, 5.41) is 1.08. The van der Waals surface area contributed by atoms with Gasteiger partial charge in [-0.05, 0) is 19.1 Å². The number of hydrogen-bond acceptors (Lipinski definition) is 2. The molecule has 0 N–H and O–H groups in total. The topological polar surface area (TPSA) is 25.8 Å². The summed E-state index contributed by atoms with van der Waals surface area (Å²) >= 11 is 0. The average molecular weight is 246 g/mol. The predicted molar refractivity (Wildman–Crippen MR) is 79.7 cm³/mol. The van der Waals surface area contributed by atoms with Crippen LogP contribution in [0.1, 0.15) is 12.6 Å². The molecule has 2 aromatic carbocycles. The number of nitrogens with zero attached hydrogens (tertiary/aromatic N) is 2. The fourth-order valence-corrected chi connectivity index (χ4v) is 2.10. The van der Waals surface area contributed by atoms with Gasteiger partial charge in [0.2, 0.25) is 0 Å². The smallest absolute Gasteiger partial charge is 0.160 e. The van der Waals surface area contributed by atoms with Crippen molar-refractivity contribution < 1.29 is 0 Å². The number of fused-ring (bicyclic) bond motifs is 1. The second kappa shape index (κ2) is 5.02. The molecular formula is C17H14N2. The molecule has 19 heavy (non-hydrogen) atoms. The molecule has 0 atom stereocenters. The van der Waals surface area contributed by atoms with Crippen LogP contribution >= 0.6 is 0 Å². The second-order valence-electron chi connectivity index (χ2n) is 4.32. The minimum atomic E-state index is 0.771. The highest BCUT2D eigenvalue weighted by Gasteiger charge is 2.06. The van der Waals surface area contributed by atoms with Crippen LogP contribution in [-0.4, -0.2) is 9.97 Å². The van der Waals surface area contributed by atoms with Crippen molar-refractivity contribution in [1.82, 2.24) is 9.97 Å². The Bertz CT molecular complexity index is 731. The molecule has 2 heteroatoms. The molecule has 92 valence electrons. The van der Waals surface area contributed by atoms with Crippen LogP contribution in [0.3, 0.4) is 0 Å². The molecule has 0 radical (unpaired) electrons. The van der Waals surface area contributed by atoms with Gasteiger partial charge >= 0.3 is 0 Å². The van der Waals surface area contributed by atoms with E-state index in [-0.39, 0.29) is 0 Å². The zero-order chi connectivity index (χ0) is 13.1. The van der Waals surface area contributed by atoms with Gasteiger partial charge in [-0.15, -0.1) is 0 Å². The monoisotopic (exact) mass is 246 g/mol. The third kappa shape index (κ3) is 2.25. The maximum absolute atomic E-state index is 4.66. The summed E-state index contributed by atoms with van der Waals surface area (Å²) in [6.07, 6.45) is 4.03. The molecule has 0 amide bonds. The summed E-state index contributed by atoms with van der Waals surface area (Å²) in [4.78, 5) is 9.31. The SMILES string of the molecule is CC=Cc1nc(-c2ccccc2)nc2ccccc12. The maximum Gasteiger partial charge on any atom is 0.160 e. The van der Waals surface area contributed by atoms with Crippen molar-refractivity contribution in [2.45, 2.75) is 6.92 Å². The van der Waals surface area contributed by atoms with Gasteiger partial charge in [-0.1, -0.05) is 54.6 Å². The van der Waals surface area contributed by atoms with E-state index in [1.807, 2.05) is 67.6 Å². The zero-order valence-corrected chi connectivity index (χ0v) is 10.7. The third-order valence-electron chi connectivity index (χ3n) is 2.99. The number of rotatable bonds is 2. The first kappa shape index (κ1) is 11.6. The third-order valence-corrected chi connectivity index (χ3v) is 2.99. The van der Waals surface area contributed by atoms with Crippen LogP contribution in [0.5, 0.6) is 0 Å². The van der Waals surface area contributed by atoms with E-state index in [1.165, 1.54) is 0 Å². The van der Waals surface area contributed by atoms with Gasteiger partial charge in [-0.2, -0.15) is 0 Å². The highest BCUT2D eigenvalue weighted by Crippen LogP contribution is 2.22. The van der Waals surface area contributed by atoms with Crippen LogP contribution in [0.15, 0.2) is 60.7 Å². The molecule has 2 nitrogen and oxygen atoms in total. The Hall–Kier alpha value is -2.48. The lowest BCUT2D eigenvalue weighted by molar-refractivity contribution is 1.21. The molecule has 0 bridgehead atoms. The van der Waals surface area contributed by atoms with Gasteiger partial charge in [-0.25, -0.2) is 9.97 Å². The van der Waals surface area contributed by atoms with E-state index in [2.05, 4.69) is 16.0 Å². The van der Waals surface area contributed by atoms with E-state index in [9.17, 15) is 0 Å². The summed E-state index contributed by atoms with van der Waals surface area (Å²) in [5.74, 6) is 0.771. The largest absolute Gasteiger partial charge is 0.228 e. The van der Waals surface area contributed by atoms with Crippen LogP contribution < -0.4 is 0 Å². The molecule has 0 spiro atoms. The van der Waals surface area contributed by atoms with Gasteiger partial charge in [0.15, 0.2) is 5.82 Å². The Morgan fingerprint density at radius 2 is 1.58 bits per heavy atom. The lowest BCUT2D eigenvalue weighted by Gasteiger charge is -2.05. The molecule has 0 aliphatic rings. The number of allylic oxidation sites excluding steroid dienone is 1. The first-order valence-electron chi connectivity index (χ1n) is 6.33. The van der Waals surface area contributed by atoms with Crippen molar-refractivity contribution in [1.29, 1.82) is 0 Å². The Kier molecular flexibility index (Phi) is 3.07. The fourth-order valence-electron chi connectivity index (χ4n) is 2.10. The Morgan fingerprint density at radius 3 is 2.37 bits per heavy atom. The summed E-state index contributed by atoms with van der Waals surface area (Å²) < 4.78 is 0. The lowest BCUT2D eigenvalue weighted by Crippen LogP contribution is -1.94. The molecule has 1 aromatic heterocycles. The highest BCUT2D eigenvalue weighted by atomic mass is 14.9. The van der Waals surface area contributed by atoms with Crippen LogP contribution in [0.2, 0.25) is 0 Å². The summed E-state index contributed by atoms with van der Waals surface area (Å²) in [5.41, 5.74) is 2.98. The molecule has 1 heterocycles. The number of para-hydroxylation sites is 1. The molecular weight excluding hydrogens is 232 g/mol. The van der Waals surface area contributed by atoms with Gasteiger partial charge in [0.05, 0.1) is 11.2 Å². The maximum atomic E-state index is 4.66. The van der Waals surface area contributed by atoms with Crippen molar-refractivity contribution in [3.63, 3.8) is 0 Å². The van der Waals surface area contributed by atoms with Crippen LogP contribution in [0, 0.1) is 0 Å². The zero-order valence-electron chi connectivity index (χ0n) is 10.7. The van der Waals surface area contributed by atoms with Crippen LogP contribution in [0.4, 0.5) is 0 Å². The van der Waals surface area contributed by atoms with E-state index in [0.29, 0.717) is 0 Å². The van der Waals surface area contributed by atoms with Crippen LogP contribution in [0.25, 0.3) is 28.4 Å². The molecule has 0 fully saturated rings. The Balaban J connectivity index is 2.28. The van der Waals surface area contributed by atoms with Gasteiger partial charge in [0.1, 0.15) is 0 Å². The van der Waals surface area contributed by atoms with Gasteiger partial charge in [-0.3, -0.25) is 0 Å².